The predicted molar refractivity (Wildman–Crippen MR) is 44.4 cm³/mol. The van der Waals surface area contributed by atoms with Crippen molar-refractivity contribution in [2.75, 3.05) is 7.05 Å². The molecule has 0 fully saturated rings. The van der Waals surface area contributed by atoms with Crippen LogP contribution in [0, 0.1) is 0 Å². The van der Waals surface area contributed by atoms with Gasteiger partial charge < -0.3 is 4.90 Å². The summed E-state index contributed by atoms with van der Waals surface area (Å²) in [6.07, 6.45) is 8.36. The Kier molecular flexibility index (Phi) is 1.95. The average Bonchev–Trinajstić information content (AvgIpc) is 2.04. The first kappa shape index (κ1) is 7.13. The van der Waals surface area contributed by atoms with Gasteiger partial charge in [-0.05, 0) is 37.1 Å². The van der Waals surface area contributed by atoms with Gasteiger partial charge in [0.15, 0.2) is 0 Å². The molecule has 54 valence electrons. The van der Waals surface area contributed by atoms with Gasteiger partial charge in [-0.2, -0.15) is 0 Å². The molecule has 1 aliphatic rings. The Labute approximate surface area is 62.3 Å². The van der Waals surface area contributed by atoms with Crippen molar-refractivity contribution in [1.29, 1.82) is 0 Å². The van der Waals surface area contributed by atoms with Crippen LogP contribution in [-0.2, 0) is 0 Å². The smallest absolute Gasteiger partial charge is 0.0106 e. The van der Waals surface area contributed by atoms with E-state index >= 15 is 0 Å². The van der Waals surface area contributed by atoms with Crippen molar-refractivity contribution >= 4 is 0 Å². The number of hydrogen-bond donors (Lipinski definition) is 0. The normalized spacial score (nSPS) is 18.1. The van der Waals surface area contributed by atoms with Crippen molar-refractivity contribution in [3.63, 3.8) is 0 Å². The number of allylic oxidation sites excluding steroid dienone is 4. The maximum Gasteiger partial charge on any atom is 0.0106 e. The molecular weight excluding hydrogens is 122 g/mol. The molecule has 0 aromatic heterocycles. The lowest BCUT2D eigenvalue weighted by Crippen LogP contribution is -1.97. The number of rotatable bonds is 0. The minimum atomic E-state index is 1.33. The van der Waals surface area contributed by atoms with Crippen molar-refractivity contribution in [2.24, 2.45) is 0 Å². The van der Waals surface area contributed by atoms with Crippen LogP contribution in [0.5, 0.6) is 0 Å². The summed E-state index contributed by atoms with van der Waals surface area (Å²) in [5.41, 5.74) is 2.67. The Morgan fingerprint density at radius 1 is 1.00 bits per heavy atom. The van der Waals surface area contributed by atoms with Crippen molar-refractivity contribution in [3.05, 3.63) is 35.7 Å². The van der Waals surface area contributed by atoms with E-state index in [9.17, 15) is 0 Å². The fourth-order valence-electron chi connectivity index (χ4n) is 0.771. The fourth-order valence-corrected chi connectivity index (χ4v) is 0.771. The highest BCUT2D eigenvalue weighted by molar-refractivity contribution is 5.32. The summed E-state index contributed by atoms with van der Waals surface area (Å²) in [7, 11) is 2.03. The molecule has 0 aliphatic carbocycles. The molecule has 0 bridgehead atoms. The highest BCUT2D eigenvalue weighted by Crippen LogP contribution is 2.10. The lowest BCUT2D eigenvalue weighted by atomic mass is 10.1. The van der Waals surface area contributed by atoms with Gasteiger partial charge in [-0.3, -0.25) is 0 Å². The van der Waals surface area contributed by atoms with Crippen LogP contribution in [0.15, 0.2) is 35.7 Å². The van der Waals surface area contributed by atoms with Gasteiger partial charge in [0.05, 0.1) is 0 Å². The largest absolute Gasteiger partial charge is 0.357 e. The first-order chi connectivity index (χ1) is 4.70. The Hall–Kier alpha value is -0.980. The summed E-state index contributed by atoms with van der Waals surface area (Å²) >= 11 is 0. The minimum absolute atomic E-state index is 1.33. The third-order valence-electron chi connectivity index (χ3n) is 1.74. The standard InChI is InChI=1S/C9H13N/c1-8-4-6-10(3)7-5-9(8)2/h4-7H,1-3H3. The summed E-state index contributed by atoms with van der Waals surface area (Å²) in [5, 5.41) is 0. The van der Waals surface area contributed by atoms with Crippen LogP contribution in [0.2, 0.25) is 0 Å². The summed E-state index contributed by atoms with van der Waals surface area (Å²) in [5.74, 6) is 0. The van der Waals surface area contributed by atoms with E-state index in [0.29, 0.717) is 0 Å². The molecule has 0 spiro atoms. The first-order valence-corrected chi connectivity index (χ1v) is 3.46. The van der Waals surface area contributed by atoms with E-state index in [4.69, 9.17) is 0 Å². The zero-order valence-electron chi connectivity index (χ0n) is 6.76. The van der Waals surface area contributed by atoms with Gasteiger partial charge in [-0.25, -0.2) is 0 Å². The zero-order chi connectivity index (χ0) is 7.56. The predicted octanol–water partition coefficient (Wildman–Crippen LogP) is 2.30. The molecule has 10 heavy (non-hydrogen) atoms. The van der Waals surface area contributed by atoms with Crippen molar-refractivity contribution < 1.29 is 0 Å². The Bertz CT molecular complexity index is 187. The van der Waals surface area contributed by atoms with Crippen molar-refractivity contribution in [3.8, 4) is 0 Å². The molecule has 0 N–H and O–H groups in total. The third kappa shape index (κ3) is 1.50. The second-order valence-corrected chi connectivity index (χ2v) is 2.66. The summed E-state index contributed by atoms with van der Waals surface area (Å²) in [6, 6.07) is 0. The maximum absolute atomic E-state index is 2.12. The van der Waals surface area contributed by atoms with Crippen LogP contribution in [0.1, 0.15) is 13.8 Å². The van der Waals surface area contributed by atoms with E-state index in [1.165, 1.54) is 11.1 Å². The first-order valence-electron chi connectivity index (χ1n) is 3.46. The molecule has 0 aromatic rings. The van der Waals surface area contributed by atoms with E-state index in [2.05, 4.69) is 38.4 Å². The molecule has 0 amide bonds. The molecule has 1 aliphatic heterocycles. The summed E-state index contributed by atoms with van der Waals surface area (Å²) < 4.78 is 0. The Morgan fingerprint density at radius 3 is 1.80 bits per heavy atom. The van der Waals surface area contributed by atoms with Crippen LogP contribution >= 0.6 is 0 Å². The van der Waals surface area contributed by atoms with Crippen molar-refractivity contribution in [1.82, 2.24) is 4.90 Å². The van der Waals surface area contributed by atoms with Crippen LogP contribution in [0.25, 0.3) is 0 Å². The number of nitrogens with zero attached hydrogens (tertiary/aromatic N) is 1. The van der Waals surface area contributed by atoms with Gasteiger partial charge in [-0.1, -0.05) is 0 Å². The van der Waals surface area contributed by atoms with E-state index < -0.39 is 0 Å². The minimum Gasteiger partial charge on any atom is -0.357 e. The van der Waals surface area contributed by atoms with Crippen LogP contribution in [0.3, 0.4) is 0 Å². The van der Waals surface area contributed by atoms with E-state index in [1.54, 1.807) is 0 Å². The third-order valence-corrected chi connectivity index (χ3v) is 1.74. The van der Waals surface area contributed by atoms with Crippen molar-refractivity contribution in [2.45, 2.75) is 13.8 Å². The van der Waals surface area contributed by atoms with E-state index in [-0.39, 0.29) is 0 Å². The molecule has 1 heteroatoms. The van der Waals surface area contributed by atoms with Crippen LogP contribution < -0.4 is 0 Å². The van der Waals surface area contributed by atoms with Crippen LogP contribution in [-0.4, -0.2) is 11.9 Å². The molecule has 0 aromatic carbocycles. The SMILES string of the molecule is CC1=C(C)C=CN(C)C=C1. The van der Waals surface area contributed by atoms with E-state index in [0.717, 1.165) is 0 Å². The Morgan fingerprint density at radius 2 is 1.40 bits per heavy atom. The molecule has 0 atom stereocenters. The van der Waals surface area contributed by atoms with E-state index in [1.807, 2.05) is 11.9 Å². The molecule has 1 nitrogen and oxygen atoms in total. The average molecular weight is 135 g/mol. The zero-order valence-corrected chi connectivity index (χ0v) is 6.76. The molecule has 0 saturated carbocycles. The number of hydrogen-bond acceptors (Lipinski definition) is 1. The van der Waals surface area contributed by atoms with Gasteiger partial charge in [0.25, 0.3) is 0 Å². The molecule has 1 heterocycles. The highest BCUT2D eigenvalue weighted by Gasteiger charge is 1.93. The highest BCUT2D eigenvalue weighted by atomic mass is 15.0. The lowest BCUT2D eigenvalue weighted by Gasteiger charge is -2.02. The molecule has 0 saturated heterocycles. The molecule has 0 radical (unpaired) electrons. The van der Waals surface area contributed by atoms with Gasteiger partial charge in [0, 0.05) is 19.4 Å². The maximum atomic E-state index is 2.12. The van der Waals surface area contributed by atoms with Crippen LogP contribution in [0.4, 0.5) is 0 Å². The second kappa shape index (κ2) is 2.74. The van der Waals surface area contributed by atoms with Gasteiger partial charge in [0.2, 0.25) is 0 Å². The molecule has 1 rings (SSSR count). The quantitative estimate of drug-likeness (QED) is 0.492. The molecule has 0 unspecified atom stereocenters. The monoisotopic (exact) mass is 135 g/mol. The topological polar surface area (TPSA) is 3.24 Å². The fraction of sp³-hybridized carbons (Fsp3) is 0.333. The Balaban J connectivity index is 2.91. The van der Waals surface area contributed by atoms with Gasteiger partial charge in [-0.15, -0.1) is 0 Å². The van der Waals surface area contributed by atoms with Gasteiger partial charge in [0.1, 0.15) is 0 Å². The summed E-state index contributed by atoms with van der Waals surface area (Å²) in [6.45, 7) is 4.24. The van der Waals surface area contributed by atoms with Gasteiger partial charge >= 0.3 is 0 Å². The summed E-state index contributed by atoms with van der Waals surface area (Å²) in [4.78, 5) is 2.04. The lowest BCUT2D eigenvalue weighted by molar-refractivity contribution is 0.627. The molecular formula is C9H13N. The second-order valence-electron chi connectivity index (χ2n) is 2.66.